The smallest absolute Gasteiger partial charge is 0.226 e. The van der Waals surface area contributed by atoms with E-state index in [-0.39, 0.29) is 11.8 Å². The largest absolute Gasteiger partial charge is 0.320 e. The van der Waals surface area contributed by atoms with Gasteiger partial charge >= 0.3 is 0 Å². The quantitative estimate of drug-likeness (QED) is 0.623. The summed E-state index contributed by atoms with van der Waals surface area (Å²) < 4.78 is 0. The van der Waals surface area contributed by atoms with Gasteiger partial charge in [-0.25, -0.2) is 0 Å². The van der Waals surface area contributed by atoms with Crippen molar-refractivity contribution in [2.24, 2.45) is 0 Å². The van der Waals surface area contributed by atoms with Gasteiger partial charge in [0.05, 0.1) is 0 Å². The van der Waals surface area contributed by atoms with Gasteiger partial charge in [0.1, 0.15) is 0 Å². The first-order valence-electron chi connectivity index (χ1n) is 5.85. The number of hydrogen-bond donors (Lipinski definition) is 1. The molecular weight excluding hydrogens is 210 g/mol. The standard InChI is InChI=1S/C15H13NO/c17-15(12-9-5-2-6-10-12)14-13(16-14)11-7-3-1-4-8-11/h1-10,13-14,16H/p+1/t13-,14+/m1/s1. The van der Waals surface area contributed by atoms with Gasteiger partial charge in [0.2, 0.25) is 11.8 Å². The number of rotatable bonds is 3. The summed E-state index contributed by atoms with van der Waals surface area (Å²) in [6, 6.07) is 20.1. The van der Waals surface area contributed by atoms with Crippen LogP contribution in [-0.4, -0.2) is 11.8 Å². The van der Waals surface area contributed by atoms with Gasteiger partial charge in [0.25, 0.3) is 0 Å². The van der Waals surface area contributed by atoms with Crippen molar-refractivity contribution in [3.8, 4) is 0 Å². The fourth-order valence-electron chi connectivity index (χ4n) is 2.20. The fourth-order valence-corrected chi connectivity index (χ4v) is 2.20. The first-order valence-corrected chi connectivity index (χ1v) is 5.85. The zero-order chi connectivity index (χ0) is 11.7. The van der Waals surface area contributed by atoms with E-state index in [1.165, 1.54) is 5.56 Å². The minimum atomic E-state index is 0.0693. The van der Waals surface area contributed by atoms with Crippen molar-refractivity contribution >= 4 is 5.78 Å². The first-order chi connectivity index (χ1) is 8.36. The van der Waals surface area contributed by atoms with E-state index in [0.29, 0.717) is 6.04 Å². The molecule has 2 N–H and O–H groups in total. The zero-order valence-corrected chi connectivity index (χ0v) is 9.41. The van der Waals surface area contributed by atoms with E-state index in [4.69, 9.17) is 0 Å². The van der Waals surface area contributed by atoms with Crippen LogP contribution in [0.4, 0.5) is 0 Å². The molecular formula is C15H14NO+. The van der Waals surface area contributed by atoms with Crippen LogP contribution in [0.2, 0.25) is 0 Å². The Morgan fingerprint density at radius 2 is 1.47 bits per heavy atom. The van der Waals surface area contributed by atoms with E-state index in [9.17, 15) is 4.79 Å². The molecule has 0 radical (unpaired) electrons. The molecule has 84 valence electrons. The third kappa shape index (κ3) is 1.99. The minimum absolute atomic E-state index is 0.0693. The topological polar surface area (TPSA) is 33.7 Å². The highest BCUT2D eigenvalue weighted by Gasteiger charge is 2.50. The SMILES string of the molecule is O=C(c1ccccc1)[C@H]1[NH2+][C@@H]1c1ccccc1. The fraction of sp³-hybridized carbons (Fsp3) is 0.133. The van der Waals surface area contributed by atoms with Gasteiger partial charge < -0.3 is 5.32 Å². The predicted octanol–water partition coefficient (Wildman–Crippen LogP) is 1.56. The van der Waals surface area contributed by atoms with E-state index >= 15 is 0 Å². The van der Waals surface area contributed by atoms with Crippen molar-refractivity contribution in [1.82, 2.24) is 0 Å². The molecule has 0 unspecified atom stereocenters. The molecule has 2 atom stereocenters. The normalized spacial score (nSPS) is 22.1. The van der Waals surface area contributed by atoms with E-state index in [1.807, 2.05) is 48.5 Å². The number of Topliss-reactive ketones (excluding diaryl/α,β-unsaturated/α-hetero) is 1. The number of carbonyl (C=O) groups is 1. The molecule has 0 aromatic heterocycles. The number of nitrogens with two attached hydrogens (primary N) is 1. The Kier molecular flexibility index (Phi) is 2.50. The number of benzene rings is 2. The summed E-state index contributed by atoms with van der Waals surface area (Å²) in [7, 11) is 0. The molecule has 2 heteroatoms. The van der Waals surface area contributed by atoms with Gasteiger partial charge in [0.15, 0.2) is 6.04 Å². The average Bonchev–Trinajstić information content (AvgIpc) is 3.20. The summed E-state index contributed by atoms with van der Waals surface area (Å²) in [5.74, 6) is 0.236. The summed E-state index contributed by atoms with van der Waals surface area (Å²) in [5.41, 5.74) is 2.05. The molecule has 1 aliphatic heterocycles. The van der Waals surface area contributed by atoms with E-state index in [2.05, 4.69) is 17.4 Å². The van der Waals surface area contributed by atoms with Gasteiger partial charge in [-0.3, -0.25) is 4.79 Å². The Bertz CT molecular complexity index is 521. The highest BCUT2D eigenvalue weighted by molar-refractivity contribution is 6.00. The highest BCUT2D eigenvalue weighted by Crippen LogP contribution is 2.22. The van der Waals surface area contributed by atoms with E-state index in [1.54, 1.807) is 0 Å². The van der Waals surface area contributed by atoms with Crippen molar-refractivity contribution in [1.29, 1.82) is 0 Å². The molecule has 17 heavy (non-hydrogen) atoms. The lowest BCUT2D eigenvalue weighted by molar-refractivity contribution is -0.511. The van der Waals surface area contributed by atoms with Crippen LogP contribution in [0.25, 0.3) is 0 Å². The number of carbonyl (C=O) groups excluding carboxylic acids is 1. The molecule has 0 aliphatic carbocycles. The van der Waals surface area contributed by atoms with E-state index < -0.39 is 0 Å². The van der Waals surface area contributed by atoms with Crippen molar-refractivity contribution in [2.75, 3.05) is 0 Å². The molecule has 1 aliphatic rings. The summed E-state index contributed by atoms with van der Waals surface area (Å²) in [4.78, 5) is 12.2. The lowest BCUT2D eigenvalue weighted by Gasteiger charge is -1.94. The van der Waals surface area contributed by atoms with Gasteiger partial charge in [-0.05, 0) is 0 Å². The van der Waals surface area contributed by atoms with Crippen LogP contribution in [0.15, 0.2) is 60.7 Å². The second-order valence-electron chi connectivity index (χ2n) is 4.38. The van der Waals surface area contributed by atoms with Crippen molar-refractivity contribution in [3.63, 3.8) is 0 Å². The first kappa shape index (κ1) is 10.2. The molecule has 1 heterocycles. The molecule has 1 fully saturated rings. The Labute approximate surface area is 100 Å². The van der Waals surface area contributed by atoms with E-state index in [0.717, 1.165) is 5.56 Å². The van der Waals surface area contributed by atoms with Gasteiger partial charge in [0, 0.05) is 11.1 Å². The molecule has 0 saturated carbocycles. The third-order valence-electron chi connectivity index (χ3n) is 3.21. The monoisotopic (exact) mass is 224 g/mol. The van der Waals surface area contributed by atoms with Crippen LogP contribution in [0.3, 0.4) is 0 Å². The van der Waals surface area contributed by atoms with Crippen LogP contribution in [-0.2, 0) is 0 Å². The van der Waals surface area contributed by atoms with Gasteiger partial charge in [-0.2, -0.15) is 0 Å². The molecule has 2 aromatic carbocycles. The average molecular weight is 224 g/mol. The molecule has 1 saturated heterocycles. The molecule has 0 bridgehead atoms. The maximum atomic E-state index is 12.2. The lowest BCUT2D eigenvalue weighted by Crippen LogP contribution is -2.62. The van der Waals surface area contributed by atoms with Crippen LogP contribution in [0, 0.1) is 0 Å². The lowest BCUT2D eigenvalue weighted by atomic mass is 10.0. The second kappa shape index (κ2) is 4.15. The number of hydrogen-bond acceptors (Lipinski definition) is 1. The summed E-state index contributed by atoms with van der Waals surface area (Å²) >= 11 is 0. The number of quaternary nitrogens is 1. The maximum absolute atomic E-state index is 12.2. The Morgan fingerprint density at radius 3 is 2.12 bits per heavy atom. The summed E-state index contributed by atoms with van der Waals surface area (Å²) in [5, 5.41) is 2.12. The maximum Gasteiger partial charge on any atom is 0.226 e. The van der Waals surface area contributed by atoms with Crippen LogP contribution >= 0.6 is 0 Å². The molecule has 3 rings (SSSR count). The molecule has 2 nitrogen and oxygen atoms in total. The molecule has 0 spiro atoms. The van der Waals surface area contributed by atoms with Gasteiger partial charge in [-0.1, -0.05) is 60.7 Å². The molecule has 0 amide bonds. The van der Waals surface area contributed by atoms with Crippen molar-refractivity contribution < 1.29 is 10.1 Å². The van der Waals surface area contributed by atoms with Crippen molar-refractivity contribution in [3.05, 3.63) is 71.8 Å². The Hall–Kier alpha value is -1.93. The second-order valence-corrected chi connectivity index (χ2v) is 4.38. The number of ketones is 1. The predicted molar refractivity (Wildman–Crippen MR) is 65.7 cm³/mol. The van der Waals surface area contributed by atoms with Gasteiger partial charge in [-0.15, -0.1) is 0 Å². The van der Waals surface area contributed by atoms with Crippen LogP contribution in [0.1, 0.15) is 22.0 Å². The van der Waals surface area contributed by atoms with Crippen molar-refractivity contribution in [2.45, 2.75) is 12.1 Å². The Balaban J connectivity index is 1.76. The zero-order valence-electron chi connectivity index (χ0n) is 9.41. The summed E-state index contributed by atoms with van der Waals surface area (Å²) in [6.45, 7) is 0. The summed E-state index contributed by atoms with van der Waals surface area (Å²) in [6.07, 6.45) is 0. The Morgan fingerprint density at radius 1 is 0.882 bits per heavy atom. The van der Waals surface area contributed by atoms with Crippen LogP contribution in [0.5, 0.6) is 0 Å². The third-order valence-corrected chi connectivity index (χ3v) is 3.21. The highest BCUT2D eigenvalue weighted by atomic mass is 16.1. The molecule has 2 aromatic rings. The van der Waals surface area contributed by atoms with Crippen LogP contribution < -0.4 is 5.32 Å². The minimum Gasteiger partial charge on any atom is -0.320 e.